The van der Waals surface area contributed by atoms with Gasteiger partial charge in [0.05, 0.1) is 12.9 Å². The van der Waals surface area contributed by atoms with Crippen LogP contribution in [0.5, 0.6) is 5.75 Å². The highest BCUT2D eigenvalue weighted by Gasteiger charge is 2.16. The van der Waals surface area contributed by atoms with Crippen LogP contribution in [0.4, 0.5) is 0 Å². The summed E-state index contributed by atoms with van der Waals surface area (Å²) in [5.41, 5.74) is 3.14. The lowest BCUT2D eigenvalue weighted by atomic mass is 10.1. The second-order valence-corrected chi connectivity index (χ2v) is 7.34. The molecule has 148 valence electrons. The molecule has 0 N–H and O–H groups in total. The van der Waals surface area contributed by atoms with Gasteiger partial charge in [0.15, 0.2) is 11.0 Å². The first-order valence-electron chi connectivity index (χ1n) is 9.28. The van der Waals surface area contributed by atoms with Crippen LogP contribution in [0.1, 0.15) is 18.4 Å². The molecule has 0 aliphatic rings. The van der Waals surface area contributed by atoms with Crippen LogP contribution in [0.15, 0.2) is 58.2 Å². The summed E-state index contributed by atoms with van der Waals surface area (Å²) in [7, 11) is 1.64. The number of aromatic nitrogens is 5. The third-order valence-corrected chi connectivity index (χ3v) is 5.51. The molecule has 0 aliphatic carbocycles. The van der Waals surface area contributed by atoms with Gasteiger partial charge in [0.1, 0.15) is 5.75 Å². The molecule has 0 radical (unpaired) electrons. The third-order valence-electron chi connectivity index (χ3n) is 4.56. The van der Waals surface area contributed by atoms with Crippen LogP contribution in [-0.4, -0.2) is 32.0 Å². The summed E-state index contributed by atoms with van der Waals surface area (Å²) in [4.78, 5) is 4.49. The van der Waals surface area contributed by atoms with Crippen LogP contribution in [0.2, 0.25) is 0 Å². The Balaban J connectivity index is 1.50. The lowest BCUT2D eigenvalue weighted by Gasteiger charge is -2.08. The summed E-state index contributed by atoms with van der Waals surface area (Å²) >= 11 is 1.53. The van der Waals surface area contributed by atoms with Crippen molar-refractivity contribution < 1.29 is 9.26 Å². The van der Waals surface area contributed by atoms with Crippen LogP contribution >= 0.6 is 11.8 Å². The minimum atomic E-state index is 0.523. The Kier molecular flexibility index (Phi) is 5.62. The maximum atomic E-state index is 5.41. The Morgan fingerprint density at radius 2 is 1.86 bits per heavy atom. The molecule has 0 spiro atoms. The SMILES string of the molecule is CCn1c(SCc2nc(-c3ccc(OC)cc3)no2)nnc1-c1ccccc1C. The van der Waals surface area contributed by atoms with Gasteiger partial charge in [-0.2, -0.15) is 4.98 Å². The fourth-order valence-electron chi connectivity index (χ4n) is 3.00. The lowest BCUT2D eigenvalue weighted by molar-refractivity contribution is 0.391. The zero-order valence-corrected chi connectivity index (χ0v) is 17.3. The summed E-state index contributed by atoms with van der Waals surface area (Å²) < 4.78 is 12.7. The fourth-order valence-corrected chi connectivity index (χ4v) is 3.84. The van der Waals surface area contributed by atoms with Crippen LogP contribution < -0.4 is 4.74 Å². The Morgan fingerprint density at radius 1 is 1.07 bits per heavy atom. The number of hydrogen-bond acceptors (Lipinski definition) is 7. The standard InChI is InChI=1S/C21H21N5O2S/c1-4-26-20(17-8-6-5-7-14(17)2)23-24-21(26)29-13-18-22-19(25-28-18)15-9-11-16(27-3)12-10-15/h5-12H,4,13H2,1-3H3. The maximum Gasteiger partial charge on any atom is 0.237 e. The average Bonchev–Trinajstić information content (AvgIpc) is 3.39. The van der Waals surface area contributed by atoms with Gasteiger partial charge < -0.3 is 13.8 Å². The minimum absolute atomic E-state index is 0.523. The predicted octanol–water partition coefficient (Wildman–Crippen LogP) is 4.62. The topological polar surface area (TPSA) is 78.9 Å². The maximum absolute atomic E-state index is 5.41. The van der Waals surface area contributed by atoms with Gasteiger partial charge in [-0.25, -0.2) is 0 Å². The molecule has 8 heteroatoms. The summed E-state index contributed by atoms with van der Waals surface area (Å²) in [5, 5.41) is 13.7. The van der Waals surface area contributed by atoms with Crippen molar-refractivity contribution in [1.82, 2.24) is 24.9 Å². The van der Waals surface area contributed by atoms with E-state index in [0.717, 1.165) is 34.4 Å². The van der Waals surface area contributed by atoms with Gasteiger partial charge in [0.25, 0.3) is 0 Å². The van der Waals surface area contributed by atoms with Crippen molar-refractivity contribution in [1.29, 1.82) is 0 Å². The van der Waals surface area contributed by atoms with Gasteiger partial charge in [-0.3, -0.25) is 0 Å². The molecule has 0 atom stereocenters. The molecule has 0 amide bonds. The third kappa shape index (κ3) is 4.02. The smallest absolute Gasteiger partial charge is 0.237 e. The number of ether oxygens (including phenoxy) is 1. The first kappa shape index (κ1) is 19.2. The first-order chi connectivity index (χ1) is 14.2. The van der Waals surface area contributed by atoms with Crippen LogP contribution in [0.3, 0.4) is 0 Å². The van der Waals surface area contributed by atoms with Crippen molar-refractivity contribution in [2.45, 2.75) is 31.3 Å². The van der Waals surface area contributed by atoms with E-state index in [1.807, 2.05) is 36.4 Å². The molecule has 0 saturated heterocycles. The number of nitrogens with zero attached hydrogens (tertiary/aromatic N) is 5. The second kappa shape index (κ2) is 8.48. The number of hydrogen-bond donors (Lipinski definition) is 0. The highest BCUT2D eigenvalue weighted by molar-refractivity contribution is 7.98. The molecule has 0 fully saturated rings. The van der Waals surface area contributed by atoms with E-state index in [1.165, 1.54) is 17.3 Å². The van der Waals surface area contributed by atoms with Gasteiger partial charge >= 0.3 is 0 Å². The summed E-state index contributed by atoms with van der Waals surface area (Å²) in [6.07, 6.45) is 0. The molecular formula is C21H21N5O2S. The Labute approximate surface area is 173 Å². The van der Waals surface area contributed by atoms with E-state index in [1.54, 1.807) is 7.11 Å². The largest absolute Gasteiger partial charge is 0.497 e. The van der Waals surface area contributed by atoms with Crippen molar-refractivity contribution in [2.24, 2.45) is 0 Å². The molecule has 0 unspecified atom stereocenters. The van der Waals surface area contributed by atoms with Gasteiger partial charge in [-0.1, -0.05) is 41.2 Å². The quantitative estimate of drug-likeness (QED) is 0.413. The zero-order chi connectivity index (χ0) is 20.2. The number of rotatable bonds is 7. The zero-order valence-electron chi connectivity index (χ0n) is 16.5. The fraction of sp³-hybridized carbons (Fsp3) is 0.238. The van der Waals surface area contributed by atoms with Crippen molar-refractivity contribution in [2.75, 3.05) is 7.11 Å². The molecular weight excluding hydrogens is 386 g/mol. The number of thioether (sulfide) groups is 1. The summed E-state index contributed by atoms with van der Waals surface area (Å²) in [5.74, 6) is 3.29. The van der Waals surface area contributed by atoms with E-state index in [4.69, 9.17) is 9.26 Å². The molecule has 7 nitrogen and oxygen atoms in total. The van der Waals surface area contributed by atoms with E-state index < -0.39 is 0 Å². The van der Waals surface area contributed by atoms with Crippen LogP contribution in [0, 0.1) is 6.92 Å². The Hall–Kier alpha value is -3.13. The Morgan fingerprint density at radius 3 is 2.59 bits per heavy atom. The molecule has 0 saturated carbocycles. The lowest BCUT2D eigenvalue weighted by Crippen LogP contribution is -2.00. The molecule has 4 rings (SSSR count). The average molecular weight is 407 g/mol. The van der Waals surface area contributed by atoms with Crippen molar-refractivity contribution in [3.63, 3.8) is 0 Å². The van der Waals surface area contributed by atoms with E-state index in [2.05, 4.69) is 50.9 Å². The van der Waals surface area contributed by atoms with Gasteiger partial charge in [-0.15, -0.1) is 10.2 Å². The van der Waals surface area contributed by atoms with E-state index in [9.17, 15) is 0 Å². The Bertz CT molecular complexity index is 1100. The first-order valence-corrected chi connectivity index (χ1v) is 10.3. The number of methoxy groups -OCH3 is 1. The summed E-state index contributed by atoms with van der Waals surface area (Å²) in [6.45, 7) is 4.94. The highest BCUT2D eigenvalue weighted by atomic mass is 32.2. The van der Waals surface area contributed by atoms with Gasteiger partial charge in [0, 0.05) is 17.7 Å². The molecule has 0 bridgehead atoms. The normalized spacial score (nSPS) is 11.0. The minimum Gasteiger partial charge on any atom is -0.497 e. The molecule has 29 heavy (non-hydrogen) atoms. The van der Waals surface area contributed by atoms with Crippen molar-refractivity contribution in [3.8, 4) is 28.5 Å². The van der Waals surface area contributed by atoms with Crippen molar-refractivity contribution in [3.05, 3.63) is 60.0 Å². The number of benzene rings is 2. The number of aryl methyl sites for hydroxylation is 1. The molecule has 2 aromatic heterocycles. The molecule has 2 aromatic carbocycles. The monoisotopic (exact) mass is 407 g/mol. The summed E-state index contributed by atoms with van der Waals surface area (Å²) in [6, 6.07) is 15.7. The predicted molar refractivity (Wildman–Crippen MR) is 112 cm³/mol. The van der Waals surface area contributed by atoms with Gasteiger partial charge in [-0.05, 0) is 43.7 Å². The molecule has 4 aromatic rings. The van der Waals surface area contributed by atoms with E-state index >= 15 is 0 Å². The van der Waals surface area contributed by atoms with Crippen molar-refractivity contribution >= 4 is 11.8 Å². The van der Waals surface area contributed by atoms with Crippen LogP contribution in [-0.2, 0) is 12.3 Å². The molecule has 2 heterocycles. The highest BCUT2D eigenvalue weighted by Crippen LogP contribution is 2.28. The van der Waals surface area contributed by atoms with E-state index in [0.29, 0.717) is 17.5 Å². The van der Waals surface area contributed by atoms with Gasteiger partial charge in [0.2, 0.25) is 11.7 Å². The van der Waals surface area contributed by atoms with Crippen LogP contribution in [0.25, 0.3) is 22.8 Å². The van der Waals surface area contributed by atoms with E-state index in [-0.39, 0.29) is 0 Å². The second-order valence-electron chi connectivity index (χ2n) is 6.39. The molecule has 0 aliphatic heterocycles.